The number of hydrogen-bond donors (Lipinski definition) is 1. The Morgan fingerprint density at radius 1 is 1.15 bits per heavy atom. The first-order chi connectivity index (χ1) is 12.6. The Kier molecular flexibility index (Phi) is 6.59. The standard InChI is InChI=1S/C20H25FN2O3S/c1-5-19(18-11-6-14(2)12-15(18)3)22-20(24)13-23(27(4,25)26)17-9-7-16(21)8-10-17/h6-12,19H,5,13H2,1-4H3,(H,22,24)/t19-/m1/s1. The number of sulfonamides is 1. The van der Waals surface area contributed by atoms with Crippen LogP contribution in [0.15, 0.2) is 42.5 Å². The first-order valence-electron chi connectivity index (χ1n) is 8.71. The number of anilines is 1. The Balaban J connectivity index is 2.20. The fourth-order valence-corrected chi connectivity index (χ4v) is 3.85. The van der Waals surface area contributed by atoms with Crippen LogP contribution >= 0.6 is 0 Å². The van der Waals surface area contributed by atoms with Gasteiger partial charge in [-0.1, -0.05) is 30.7 Å². The predicted octanol–water partition coefficient (Wildman–Crippen LogP) is 3.48. The van der Waals surface area contributed by atoms with Crippen LogP contribution in [0, 0.1) is 19.7 Å². The normalized spacial score (nSPS) is 12.5. The van der Waals surface area contributed by atoms with E-state index in [1.54, 1.807) is 0 Å². The maximum Gasteiger partial charge on any atom is 0.241 e. The molecule has 7 heteroatoms. The number of benzene rings is 2. The van der Waals surface area contributed by atoms with Gasteiger partial charge in [0.1, 0.15) is 12.4 Å². The molecule has 2 aromatic carbocycles. The Labute approximate surface area is 160 Å². The van der Waals surface area contributed by atoms with E-state index in [4.69, 9.17) is 0 Å². The van der Waals surface area contributed by atoms with Crippen LogP contribution in [0.2, 0.25) is 0 Å². The van der Waals surface area contributed by atoms with Crippen LogP contribution in [0.3, 0.4) is 0 Å². The minimum atomic E-state index is -3.70. The van der Waals surface area contributed by atoms with Gasteiger partial charge in [0.15, 0.2) is 0 Å². The van der Waals surface area contributed by atoms with Crippen LogP contribution in [-0.4, -0.2) is 27.1 Å². The summed E-state index contributed by atoms with van der Waals surface area (Å²) in [5, 5.41) is 2.91. The number of rotatable bonds is 7. The summed E-state index contributed by atoms with van der Waals surface area (Å²) in [5.41, 5.74) is 3.45. The topological polar surface area (TPSA) is 66.5 Å². The second-order valence-electron chi connectivity index (χ2n) is 6.63. The summed E-state index contributed by atoms with van der Waals surface area (Å²) >= 11 is 0. The molecule has 0 bridgehead atoms. The van der Waals surface area contributed by atoms with E-state index in [0.29, 0.717) is 6.42 Å². The highest BCUT2D eigenvalue weighted by Crippen LogP contribution is 2.22. The monoisotopic (exact) mass is 392 g/mol. The summed E-state index contributed by atoms with van der Waals surface area (Å²) in [6.45, 7) is 5.58. The van der Waals surface area contributed by atoms with Gasteiger partial charge in [0.05, 0.1) is 18.0 Å². The van der Waals surface area contributed by atoms with E-state index in [1.165, 1.54) is 12.1 Å². The summed E-state index contributed by atoms with van der Waals surface area (Å²) in [6.07, 6.45) is 1.69. The number of nitrogens with one attached hydrogen (secondary N) is 1. The molecule has 1 amide bonds. The van der Waals surface area contributed by atoms with Gasteiger partial charge in [-0.3, -0.25) is 9.10 Å². The lowest BCUT2D eigenvalue weighted by Crippen LogP contribution is -2.41. The number of amides is 1. The SMILES string of the molecule is CC[C@@H](NC(=O)CN(c1ccc(F)cc1)S(C)(=O)=O)c1ccc(C)cc1C. The molecule has 0 aliphatic heterocycles. The zero-order chi connectivity index (χ0) is 20.2. The van der Waals surface area contributed by atoms with E-state index in [9.17, 15) is 17.6 Å². The van der Waals surface area contributed by atoms with Crippen molar-refractivity contribution in [1.29, 1.82) is 0 Å². The Morgan fingerprint density at radius 2 is 1.78 bits per heavy atom. The third-order valence-electron chi connectivity index (χ3n) is 4.35. The first kappa shape index (κ1) is 20.9. The molecule has 2 aromatic rings. The molecule has 0 fully saturated rings. The van der Waals surface area contributed by atoms with Gasteiger partial charge in [-0.25, -0.2) is 12.8 Å². The van der Waals surface area contributed by atoms with E-state index in [-0.39, 0.29) is 18.3 Å². The van der Waals surface area contributed by atoms with E-state index >= 15 is 0 Å². The quantitative estimate of drug-likeness (QED) is 0.785. The molecule has 0 saturated heterocycles. The molecule has 27 heavy (non-hydrogen) atoms. The molecule has 0 heterocycles. The number of hydrogen-bond acceptors (Lipinski definition) is 3. The summed E-state index contributed by atoms with van der Waals surface area (Å²) in [5.74, 6) is -0.894. The average Bonchev–Trinajstić information content (AvgIpc) is 2.58. The molecule has 0 radical (unpaired) electrons. The lowest BCUT2D eigenvalue weighted by Gasteiger charge is -2.25. The van der Waals surface area contributed by atoms with Gasteiger partial charge < -0.3 is 5.32 Å². The van der Waals surface area contributed by atoms with E-state index in [0.717, 1.165) is 39.4 Å². The molecule has 1 atom stereocenters. The van der Waals surface area contributed by atoms with Gasteiger partial charge in [0.25, 0.3) is 0 Å². The van der Waals surface area contributed by atoms with Crippen molar-refractivity contribution in [2.45, 2.75) is 33.2 Å². The summed E-state index contributed by atoms with van der Waals surface area (Å²) in [7, 11) is -3.70. The Hall–Kier alpha value is -2.41. The largest absolute Gasteiger partial charge is 0.348 e. The molecule has 0 spiro atoms. The summed E-state index contributed by atoms with van der Waals surface area (Å²) in [4.78, 5) is 12.6. The molecule has 0 unspecified atom stereocenters. The van der Waals surface area contributed by atoms with Crippen molar-refractivity contribution >= 4 is 21.6 Å². The lowest BCUT2D eigenvalue weighted by atomic mass is 9.97. The minimum absolute atomic E-state index is 0.215. The average molecular weight is 392 g/mol. The molecule has 1 N–H and O–H groups in total. The van der Waals surface area contributed by atoms with Crippen LogP contribution in [0.25, 0.3) is 0 Å². The summed E-state index contributed by atoms with van der Waals surface area (Å²) in [6, 6.07) is 10.8. The van der Waals surface area contributed by atoms with Gasteiger partial charge in [0, 0.05) is 0 Å². The van der Waals surface area contributed by atoms with Crippen molar-refractivity contribution in [3.63, 3.8) is 0 Å². The van der Waals surface area contributed by atoms with Crippen molar-refractivity contribution < 1.29 is 17.6 Å². The van der Waals surface area contributed by atoms with Crippen molar-refractivity contribution in [2.24, 2.45) is 0 Å². The number of carbonyl (C=O) groups is 1. The van der Waals surface area contributed by atoms with Crippen LogP contribution < -0.4 is 9.62 Å². The zero-order valence-corrected chi connectivity index (χ0v) is 16.8. The number of halogens is 1. The molecule has 0 saturated carbocycles. The second-order valence-corrected chi connectivity index (χ2v) is 8.54. The third kappa shape index (κ3) is 5.53. The molecule has 146 valence electrons. The van der Waals surface area contributed by atoms with Crippen LogP contribution in [0.5, 0.6) is 0 Å². The summed E-state index contributed by atoms with van der Waals surface area (Å²) < 4.78 is 38.3. The van der Waals surface area contributed by atoms with E-state index in [1.807, 2.05) is 39.0 Å². The van der Waals surface area contributed by atoms with E-state index < -0.39 is 21.7 Å². The van der Waals surface area contributed by atoms with Gasteiger partial charge >= 0.3 is 0 Å². The maximum atomic E-state index is 13.1. The molecule has 0 aromatic heterocycles. The predicted molar refractivity (Wildman–Crippen MR) is 106 cm³/mol. The zero-order valence-electron chi connectivity index (χ0n) is 16.0. The molecule has 0 aliphatic carbocycles. The molecular weight excluding hydrogens is 367 g/mol. The van der Waals surface area contributed by atoms with Gasteiger partial charge in [-0.05, 0) is 55.7 Å². The van der Waals surface area contributed by atoms with Crippen LogP contribution in [-0.2, 0) is 14.8 Å². The Bertz CT molecular complexity index is 911. The Morgan fingerprint density at radius 3 is 2.30 bits per heavy atom. The molecule has 0 aliphatic rings. The van der Waals surface area contributed by atoms with E-state index in [2.05, 4.69) is 5.32 Å². The number of carbonyl (C=O) groups excluding carboxylic acids is 1. The lowest BCUT2D eigenvalue weighted by molar-refractivity contribution is -0.120. The smallest absolute Gasteiger partial charge is 0.241 e. The van der Waals surface area contributed by atoms with Crippen molar-refractivity contribution in [3.8, 4) is 0 Å². The molecule has 2 rings (SSSR count). The maximum absolute atomic E-state index is 13.1. The van der Waals surface area contributed by atoms with Crippen LogP contribution in [0.1, 0.15) is 36.1 Å². The van der Waals surface area contributed by atoms with Crippen molar-refractivity contribution in [2.75, 3.05) is 17.1 Å². The molecular formula is C20H25FN2O3S. The van der Waals surface area contributed by atoms with Crippen LogP contribution in [0.4, 0.5) is 10.1 Å². The fourth-order valence-electron chi connectivity index (χ4n) is 2.99. The number of nitrogens with zero attached hydrogens (tertiary/aromatic N) is 1. The third-order valence-corrected chi connectivity index (χ3v) is 5.49. The second kappa shape index (κ2) is 8.52. The highest BCUT2D eigenvalue weighted by molar-refractivity contribution is 7.92. The van der Waals surface area contributed by atoms with Gasteiger partial charge in [-0.15, -0.1) is 0 Å². The highest BCUT2D eigenvalue weighted by atomic mass is 32.2. The van der Waals surface area contributed by atoms with Crippen molar-refractivity contribution in [1.82, 2.24) is 5.32 Å². The van der Waals surface area contributed by atoms with Crippen molar-refractivity contribution in [3.05, 3.63) is 65.0 Å². The molecule has 5 nitrogen and oxygen atoms in total. The minimum Gasteiger partial charge on any atom is -0.348 e. The van der Waals surface area contributed by atoms with Gasteiger partial charge in [0.2, 0.25) is 15.9 Å². The first-order valence-corrected chi connectivity index (χ1v) is 10.6. The highest BCUT2D eigenvalue weighted by Gasteiger charge is 2.23. The number of aryl methyl sites for hydroxylation is 2. The van der Waals surface area contributed by atoms with Gasteiger partial charge in [-0.2, -0.15) is 0 Å². The fraction of sp³-hybridized carbons (Fsp3) is 0.350.